The second kappa shape index (κ2) is 6.17. The average molecular weight is 265 g/mol. The number of hydrogen-bond donors (Lipinski definition) is 1. The molecule has 0 radical (unpaired) electrons. The van der Waals surface area contributed by atoms with Gasteiger partial charge in [0.05, 0.1) is 6.04 Å². The van der Waals surface area contributed by atoms with E-state index >= 15 is 0 Å². The van der Waals surface area contributed by atoms with Crippen molar-refractivity contribution in [2.45, 2.75) is 19.4 Å². The minimum Gasteiger partial charge on any atom is -0.456 e. The van der Waals surface area contributed by atoms with Gasteiger partial charge in [0.25, 0.3) is 0 Å². The largest absolute Gasteiger partial charge is 0.456 e. The van der Waals surface area contributed by atoms with Crippen LogP contribution < -0.4 is 5.32 Å². The molecule has 1 aromatic carbocycles. The molecule has 0 amide bonds. The van der Waals surface area contributed by atoms with Crippen LogP contribution in [-0.2, 0) is 4.74 Å². The smallest absolute Gasteiger partial charge is 0.169 e. The summed E-state index contributed by atoms with van der Waals surface area (Å²) in [5.74, 6) is 0.856. The first kappa shape index (κ1) is 14.0. The van der Waals surface area contributed by atoms with Crippen molar-refractivity contribution in [2.24, 2.45) is 5.92 Å². The van der Waals surface area contributed by atoms with Gasteiger partial charge < -0.3 is 14.5 Å². The lowest BCUT2D eigenvalue weighted by Crippen LogP contribution is -2.20. The molecule has 2 rings (SSSR count). The van der Waals surface area contributed by atoms with E-state index in [1.54, 1.807) is 13.2 Å². The Morgan fingerprint density at radius 1 is 1.42 bits per heavy atom. The summed E-state index contributed by atoms with van der Waals surface area (Å²) in [6, 6.07) is 6.93. The first-order valence-corrected chi connectivity index (χ1v) is 6.49. The summed E-state index contributed by atoms with van der Waals surface area (Å²) in [7, 11) is 3.58. The molecule has 1 aromatic heterocycles. The quantitative estimate of drug-likeness (QED) is 0.868. The van der Waals surface area contributed by atoms with Crippen molar-refractivity contribution >= 4 is 11.0 Å². The first-order valence-electron chi connectivity index (χ1n) is 6.49. The van der Waals surface area contributed by atoms with E-state index in [9.17, 15) is 4.39 Å². The minimum atomic E-state index is -0.316. The van der Waals surface area contributed by atoms with Crippen molar-refractivity contribution in [1.82, 2.24) is 5.32 Å². The topological polar surface area (TPSA) is 34.4 Å². The van der Waals surface area contributed by atoms with Crippen molar-refractivity contribution in [1.29, 1.82) is 0 Å². The summed E-state index contributed by atoms with van der Waals surface area (Å²) in [5, 5.41) is 4.02. The van der Waals surface area contributed by atoms with Gasteiger partial charge in [0.2, 0.25) is 0 Å². The van der Waals surface area contributed by atoms with Crippen molar-refractivity contribution in [3.8, 4) is 0 Å². The molecule has 0 spiro atoms. The van der Waals surface area contributed by atoms with Crippen LogP contribution in [-0.4, -0.2) is 20.8 Å². The number of nitrogens with one attached hydrogen (secondary N) is 1. The molecule has 0 aliphatic carbocycles. The number of rotatable bonds is 6. The average Bonchev–Trinajstić information content (AvgIpc) is 2.81. The fourth-order valence-corrected chi connectivity index (χ4v) is 2.35. The molecule has 1 N–H and O–H groups in total. The number of hydrogen-bond acceptors (Lipinski definition) is 3. The van der Waals surface area contributed by atoms with Crippen molar-refractivity contribution in [3.05, 3.63) is 35.8 Å². The summed E-state index contributed by atoms with van der Waals surface area (Å²) in [6.07, 6.45) is 0.881. The molecule has 1 heterocycles. The van der Waals surface area contributed by atoms with E-state index in [1.807, 2.05) is 19.2 Å². The molecule has 0 bridgehead atoms. The molecule has 2 unspecified atom stereocenters. The third-order valence-electron chi connectivity index (χ3n) is 3.30. The van der Waals surface area contributed by atoms with Crippen LogP contribution >= 0.6 is 0 Å². The summed E-state index contributed by atoms with van der Waals surface area (Å²) < 4.78 is 24.4. The molecule has 104 valence electrons. The van der Waals surface area contributed by atoms with Gasteiger partial charge in [-0.15, -0.1) is 0 Å². The highest BCUT2D eigenvalue weighted by Gasteiger charge is 2.18. The van der Waals surface area contributed by atoms with Crippen LogP contribution in [0, 0.1) is 11.7 Å². The van der Waals surface area contributed by atoms with Crippen LogP contribution in [0.4, 0.5) is 4.39 Å². The van der Waals surface area contributed by atoms with Gasteiger partial charge in [0.1, 0.15) is 5.76 Å². The van der Waals surface area contributed by atoms with Gasteiger partial charge in [-0.25, -0.2) is 4.39 Å². The van der Waals surface area contributed by atoms with Gasteiger partial charge in [0.15, 0.2) is 11.4 Å². The SMILES string of the molecule is CNC(CC(C)COC)c1cc2cccc(F)c2o1. The van der Waals surface area contributed by atoms with Crippen LogP contribution in [0.2, 0.25) is 0 Å². The lowest BCUT2D eigenvalue weighted by atomic mass is 10.0. The second-order valence-corrected chi connectivity index (χ2v) is 4.94. The van der Waals surface area contributed by atoms with Gasteiger partial charge in [0, 0.05) is 19.1 Å². The van der Waals surface area contributed by atoms with E-state index in [0.29, 0.717) is 18.1 Å². The zero-order chi connectivity index (χ0) is 13.8. The molecule has 4 heteroatoms. The number of fused-ring (bicyclic) bond motifs is 1. The Morgan fingerprint density at radius 2 is 2.21 bits per heavy atom. The third-order valence-corrected chi connectivity index (χ3v) is 3.30. The van der Waals surface area contributed by atoms with Gasteiger partial charge in [-0.3, -0.25) is 0 Å². The van der Waals surface area contributed by atoms with E-state index in [4.69, 9.17) is 9.15 Å². The van der Waals surface area contributed by atoms with Gasteiger partial charge >= 0.3 is 0 Å². The molecule has 0 fully saturated rings. The van der Waals surface area contributed by atoms with Crippen molar-refractivity contribution in [3.63, 3.8) is 0 Å². The summed E-state index contributed by atoms with van der Waals surface area (Å²) in [6.45, 7) is 2.82. The second-order valence-electron chi connectivity index (χ2n) is 4.94. The minimum absolute atomic E-state index is 0.0666. The number of benzene rings is 1. The van der Waals surface area contributed by atoms with E-state index < -0.39 is 0 Å². The number of halogens is 1. The van der Waals surface area contributed by atoms with Crippen molar-refractivity contribution in [2.75, 3.05) is 20.8 Å². The Labute approximate surface area is 112 Å². The maximum absolute atomic E-state index is 13.6. The highest BCUT2D eigenvalue weighted by molar-refractivity contribution is 5.78. The molecule has 19 heavy (non-hydrogen) atoms. The number of methoxy groups -OCH3 is 1. The highest BCUT2D eigenvalue weighted by atomic mass is 19.1. The number of ether oxygens (including phenoxy) is 1. The fraction of sp³-hybridized carbons (Fsp3) is 0.467. The molecule has 2 atom stereocenters. The fourth-order valence-electron chi connectivity index (χ4n) is 2.35. The third kappa shape index (κ3) is 3.14. The summed E-state index contributed by atoms with van der Waals surface area (Å²) >= 11 is 0. The van der Waals surface area contributed by atoms with Crippen LogP contribution in [0.1, 0.15) is 25.1 Å². The molecule has 3 nitrogen and oxygen atoms in total. The van der Waals surface area contributed by atoms with E-state index in [2.05, 4.69) is 12.2 Å². The molecule has 0 aliphatic heterocycles. The first-order chi connectivity index (χ1) is 9.15. The van der Waals surface area contributed by atoms with E-state index in [1.165, 1.54) is 6.07 Å². The van der Waals surface area contributed by atoms with Crippen molar-refractivity contribution < 1.29 is 13.5 Å². The van der Waals surface area contributed by atoms with Gasteiger partial charge in [-0.1, -0.05) is 19.1 Å². The van der Waals surface area contributed by atoms with Gasteiger partial charge in [-0.05, 0) is 31.5 Å². The lowest BCUT2D eigenvalue weighted by molar-refractivity contribution is 0.148. The highest BCUT2D eigenvalue weighted by Crippen LogP contribution is 2.29. The lowest BCUT2D eigenvalue weighted by Gasteiger charge is -2.18. The molecular weight excluding hydrogens is 245 g/mol. The maximum Gasteiger partial charge on any atom is 0.169 e. The normalized spacial score (nSPS) is 14.7. The molecular formula is C15H20FNO2. The number of furan rings is 1. The van der Waals surface area contributed by atoms with Gasteiger partial charge in [-0.2, -0.15) is 0 Å². The Bertz CT molecular complexity index is 538. The molecule has 2 aromatic rings. The van der Waals surface area contributed by atoms with Crippen LogP contribution in [0.5, 0.6) is 0 Å². The van der Waals surface area contributed by atoms with E-state index in [0.717, 1.165) is 17.6 Å². The number of para-hydroxylation sites is 1. The Kier molecular flexibility index (Phi) is 4.56. The van der Waals surface area contributed by atoms with E-state index in [-0.39, 0.29) is 11.9 Å². The summed E-state index contributed by atoms with van der Waals surface area (Å²) in [4.78, 5) is 0. The van der Waals surface area contributed by atoms with Crippen LogP contribution in [0.15, 0.2) is 28.7 Å². The summed E-state index contributed by atoms with van der Waals surface area (Å²) in [5.41, 5.74) is 0.331. The standard InChI is InChI=1S/C15H20FNO2/c1-10(9-18-3)7-13(17-2)14-8-11-5-4-6-12(16)15(11)19-14/h4-6,8,10,13,17H,7,9H2,1-3H3. The monoisotopic (exact) mass is 265 g/mol. The Balaban J connectivity index is 2.23. The Morgan fingerprint density at radius 3 is 2.84 bits per heavy atom. The predicted octanol–water partition coefficient (Wildman–Crippen LogP) is 3.51. The molecule has 0 saturated carbocycles. The zero-order valence-electron chi connectivity index (χ0n) is 11.6. The maximum atomic E-state index is 13.6. The molecule has 0 saturated heterocycles. The zero-order valence-corrected chi connectivity index (χ0v) is 11.6. The van der Waals surface area contributed by atoms with Crippen LogP contribution in [0.3, 0.4) is 0 Å². The Hall–Kier alpha value is -1.39. The van der Waals surface area contributed by atoms with Crippen LogP contribution in [0.25, 0.3) is 11.0 Å². The molecule has 0 aliphatic rings. The predicted molar refractivity (Wildman–Crippen MR) is 73.6 cm³/mol.